The van der Waals surface area contributed by atoms with Gasteiger partial charge in [-0.3, -0.25) is 9.59 Å². The third-order valence-corrected chi connectivity index (χ3v) is 4.89. The Hall–Kier alpha value is -3.18. The molecule has 0 amide bonds. The van der Waals surface area contributed by atoms with Crippen molar-refractivity contribution in [3.63, 3.8) is 0 Å². The predicted octanol–water partition coefficient (Wildman–Crippen LogP) is 0.410. The molecule has 0 fully saturated rings. The highest BCUT2D eigenvalue weighted by Crippen LogP contribution is 2.10. The Morgan fingerprint density at radius 3 is 2.74 bits per heavy atom. The van der Waals surface area contributed by atoms with Gasteiger partial charge >= 0.3 is 5.97 Å². The Morgan fingerprint density at radius 2 is 1.96 bits per heavy atom. The van der Waals surface area contributed by atoms with E-state index in [1.165, 1.54) is 12.1 Å². The predicted molar refractivity (Wildman–Crippen MR) is 91.5 cm³/mol. The number of rotatable bonds is 6. The van der Waals surface area contributed by atoms with Crippen molar-refractivity contribution in [2.75, 3.05) is 6.54 Å². The normalized spacial score (nSPS) is 11.4. The number of benzene rings is 2. The first-order chi connectivity index (χ1) is 12.9. The maximum Gasteiger partial charge on any atom is 0.322 e. The molecule has 1 N–H and O–H groups in total. The molecule has 0 aliphatic heterocycles. The molecule has 3 aromatic rings. The number of hydrogen-bond donors (Lipinski definition) is 1. The van der Waals surface area contributed by atoms with Gasteiger partial charge in [0.1, 0.15) is 17.9 Å². The zero-order valence-electron chi connectivity index (χ0n) is 13.7. The molecule has 0 unspecified atom stereocenters. The fourth-order valence-electron chi connectivity index (χ4n) is 2.16. The highest BCUT2D eigenvalue weighted by Gasteiger charge is 2.17. The number of esters is 1. The molecule has 140 valence electrons. The molecular formula is C16H13FN4O5S. The number of sulfonamides is 1. The molecule has 3 rings (SSSR count). The van der Waals surface area contributed by atoms with Crippen molar-refractivity contribution in [3.8, 4) is 0 Å². The lowest BCUT2D eigenvalue weighted by Crippen LogP contribution is -2.32. The highest BCUT2D eigenvalue weighted by atomic mass is 32.2. The number of ether oxygens (including phenoxy) is 1. The second-order valence-electron chi connectivity index (χ2n) is 5.34. The maximum atomic E-state index is 13.1. The van der Waals surface area contributed by atoms with E-state index in [1.807, 2.05) is 4.72 Å². The molecule has 0 aliphatic carbocycles. The van der Waals surface area contributed by atoms with Gasteiger partial charge in [-0.1, -0.05) is 23.4 Å². The van der Waals surface area contributed by atoms with E-state index in [-0.39, 0.29) is 4.90 Å². The Morgan fingerprint density at radius 1 is 1.19 bits per heavy atom. The van der Waals surface area contributed by atoms with Crippen molar-refractivity contribution in [3.05, 3.63) is 64.7 Å². The topological polar surface area (TPSA) is 120 Å². The van der Waals surface area contributed by atoms with Gasteiger partial charge in [0.15, 0.2) is 6.73 Å². The van der Waals surface area contributed by atoms with Crippen molar-refractivity contribution in [1.82, 2.24) is 19.7 Å². The van der Waals surface area contributed by atoms with Gasteiger partial charge in [-0.15, -0.1) is 5.10 Å². The maximum absolute atomic E-state index is 13.1. The lowest BCUT2D eigenvalue weighted by Gasteiger charge is -2.08. The van der Waals surface area contributed by atoms with Crippen LogP contribution in [0.4, 0.5) is 4.39 Å². The number of aromatic nitrogens is 3. The number of halogens is 1. The molecule has 0 bridgehead atoms. The van der Waals surface area contributed by atoms with E-state index in [0.717, 1.165) is 16.8 Å². The fourth-order valence-corrected chi connectivity index (χ4v) is 3.16. The molecule has 11 heteroatoms. The first-order valence-corrected chi connectivity index (χ1v) is 9.08. The van der Waals surface area contributed by atoms with Crippen molar-refractivity contribution < 1.29 is 22.3 Å². The number of nitrogens with zero attached hydrogens (tertiary/aromatic N) is 3. The lowest BCUT2D eigenvalue weighted by molar-refractivity contribution is -0.146. The number of fused-ring (bicyclic) bond motifs is 1. The van der Waals surface area contributed by atoms with Crippen molar-refractivity contribution >= 4 is 26.9 Å². The van der Waals surface area contributed by atoms with Crippen LogP contribution in [0.5, 0.6) is 0 Å². The Balaban J connectivity index is 1.62. The molecule has 1 aromatic heterocycles. The first kappa shape index (κ1) is 18.6. The summed E-state index contributed by atoms with van der Waals surface area (Å²) >= 11 is 0. The van der Waals surface area contributed by atoms with Crippen LogP contribution in [0.2, 0.25) is 0 Å². The standard InChI is InChI=1S/C16H13FN4O5S/c17-11-4-3-5-12(8-11)27(24,25)18-9-15(22)26-10-21-16(23)13-6-1-2-7-14(13)19-20-21/h1-8,18H,9-10H2. The summed E-state index contributed by atoms with van der Waals surface area (Å²) < 4.78 is 44.8. The molecule has 0 aliphatic rings. The van der Waals surface area contributed by atoms with E-state index < -0.39 is 40.6 Å². The zero-order chi connectivity index (χ0) is 19.4. The molecule has 0 atom stereocenters. The second kappa shape index (κ2) is 7.60. The minimum Gasteiger partial charge on any atom is -0.441 e. The van der Waals surface area contributed by atoms with E-state index in [0.29, 0.717) is 10.9 Å². The number of carbonyl (C=O) groups is 1. The molecule has 2 aromatic carbocycles. The van der Waals surface area contributed by atoms with Gasteiger partial charge in [0.25, 0.3) is 5.56 Å². The van der Waals surface area contributed by atoms with E-state index in [2.05, 4.69) is 10.3 Å². The molecule has 0 saturated heterocycles. The van der Waals surface area contributed by atoms with Gasteiger partial charge in [0.2, 0.25) is 10.0 Å². The molecule has 9 nitrogen and oxygen atoms in total. The molecule has 27 heavy (non-hydrogen) atoms. The van der Waals surface area contributed by atoms with Gasteiger partial charge in [0.05, 0.1) is 10.3 Å². The van der Waals surface area contributed by atoms with Crippen LogP contribution in [-0.2, 0) is 26.3 Å². The lowest BCUT2D eigenvalue weighted by atomic mass is 10.2. The molecule has 0 saturated carbocycles. The number of nitrogens with one attached hydrogen (secondary N) is 1. The quantitative estimate of drug-likeness (QED) is 0.603. The average molecular weight is 392 g/mol. The van der Waals surface area contributed by atoms with Crippen LogP contribution in [0.1, 0.15) is 0 Å². The molecule has 1 heterocycles. The summed E-state index contributed by atoms with van der Waals surface area (Å²) in [6.07, 6.45) is 0. The molecule has 0 radical (unpaired) electrons. The van der Waals surface area contributed by atoms with Gasteiger partial charge in [-0.25, -0.2) is 12.8 Å². The monoisotopic (exact) mass is 392 g/mol. The summed E-state index contributed by atoms with van der Waals surface area (Å²) in [7, 11) is -4.09. The van der Waals surface area contributed by atoms with Gasteiger partial charge < -0.3 is 4.74 Å². The molecule has 0 spiro atoms. The highest BCUT2D eigenvalue weighted by molar-refractivity contribution is 7.89. The summed E-state index contributed by atoms with van der Waals surface area (Å²) in [5.74, 6) is -1.67. The summed E-state index contributed by atoms with van der Waals surface area (Å²) in [5, 5.41) is 7.77. The summed E-state index contributed by atoms with van der Waals surface area (Å²) in [4.78, 5) is 23.6. The largest absolute Gasteiger partial charge is 0.441 e. The van der Waals surface area contributed by atoms with Crippen LogP contribution in [0.3, 0.4) is 0 Å². The number of hydrogen-bond acceptors (Lipinski definition) is 7. The average Bonchev–Trinajstić information content (AvgIpc) is 2.66. The van der Waals surface area contributed by atoms with Crippen LogP contribution >= 0.6 is 0 Å². The zero-order valence-corrected chi connectivity index (χ0v) is 14.5. The van der Waals surface area contributed by atoms with Crippen LogP contribution < -0.4 is 10.3 Å². The van der Waals surface area contributed by atoms with Gasteiger partial charge in [0, 0.05) is 0 Å². The summed E-state index contributed by atoms with van der Waals surface area (Å²) in [5.41, 5.74) is -0.110. The smallest absolute Gasteiger partial charge is 0.322 e. The summed E-state index contributed by atoms with van der Waals surface area (Å²) in [6.45, 7) is -1.23. The van der Waals surface area contributed by atoms with Gasteiger partial charge in [-0.05, 0) is 30.3 Å². The van der Waals surface area contributed by atoms with Gasteiger partial charge in [-0.2, -0.15) is 9.40 Å². The van der Waals surface area contributed by atoms with Crippen molar-refractivity contribution in [2.24, 2.45) is 0 Å². The molecular weight excluding hydrogens is 379 g/mol. The van der Waals surface area contributed by atoms with E-state index in [4.69, 9.17) is 4.74 Å². The third kappa shape index (κ3) is 4.33. The van der Waals surface area contributed by atoms with E-state index >= 15 is 0 Å². The first-order valence-electron chi connectivity index (χ1n) is 7.60. The van der Waals surface area contributed by atoms with Crippen molar-refractivity contribution in [2.45, 2.75) is 11.6 Å². The minimum atomic E-state index is -4.09. The van der Waals surface area contributed by atoms with Crippen LogP contribution in [-0.4, -0.2) is 35.9 Å². The minimum absolute atomic E-state index is 0.301. The SMILES string of the molecule is O=C(CNS(=O)(=O)c1cccc(F)c1)OCn1nnc2ccccc2c1=O. The number of carbonyl (C=O) groups excluding carboxylic acids is 1. The fraction of sp³-hybridized carbons (Fsp3) is 0.125. The van der Waals surface area contributed by atoms with Crippen LogP contribution in [0, 0.1) is 5.82 Å². The van der Waals surface area contributed by atoms with Crippen LogP contribution in [0.25, 0.3) is 10.9 Å². The van der Waals surface area contributed by atoms with E-state index in [1.54, 1.807) is 24.3 Å². The second-order valence-corrected chi connectivity index (χ2v) is 7.11. The summed E-state index contributed by atoms with van der Waals surface area (Å²) in [6, 6.07) is 10.8. The Kier molecular flexibility index (Phi) is 5.23. The Labute approximate surface area is 152 Å². The van der Waals surface area contributed by atoms with Crippen LogP contribution in [0.15, 0.2) is 58.2 Å². The third-order valence-electron chi connectivity index (χ3n) is 3.49. The van der Waals surface area contributed by atoms with E-state index in [9.17, 15) is 22.4 Å². The van der Waals surface area contributed by atoms with Crippen molar-refractivity contribution in [1.29, 1.82) is 0 Å². The Bertz CT molecular complexity index is 1160.